The molecule has 0 atom stereocenters. The molecule has 0 saturated carbocycles. The molecule has 0 heterocycles. The Bertz CT molecular complexity index is 168. The third-order valence-electron chi connectivity index (χ3n) is 1.82. The number of ketones is 1. The van der Waals surface area contributed by atoms with Crippen LogP contribution >= 0.6 is 0 Å². The number of carbonyl (C=O) groups is 1. The van der Waals surface area contributed by atoms with Gasteiger partial charge in [-0.25, -0.2) is 0 Å². The van der Waals surface area contributed by atoms with Crippen LogP contribution in [0.3, 0.4) is 0 Å². The van der Waals surface area contributed by atoms with Crippen LogP contribution in [0.5, 0.6) is 0 Å². The second-order valence-corrected chi connectivity index (χ2v) is 3.16. The van der Waals surface area contributed by atoms with Gasteiger partial charge in [0.25, 0.3) is 0 Å². The summed E-state index contributed by atoms with van der Waals surface area (Å²) in [5, 5.41) is 0. The van der Waals surface area contributed by atoms with E-state index in [1.807, 2.05) is 13.0 Å². The van der Waals surface area contributed by atoms with Crippen molar-refractivity contribution in [3.63, 3.8) is 0 Å². The Balaban J connectivity index is 3.27. The van der Waals surface area contributed by atoms with Crippen molar-refractivity contribution in [1.29, 1.82) is 0 Å². The van der Waals surface area contributed by atoms with Gasteiger partial charge in [-0.2, -0.15) is 0 Å². The van der Waals surface area contributed by atoms with Crippen LogP contribution in [0.25, 0.3) is 0 Å². The Morgan fingerprint density at radius 3 is 2.46 bits per heavy atom. The molecule has 0 unspecified atom stereocenters. The number of hydrogen-bond acceptors (Lipinski definition) is 1. The van der Waals surface area contributed by atoms with E-state index in [-0.39, 0.29) is 0 Å². The van der Waals surface area contributed by atoms with Crippen molar-refractivity contribution in [3.8, 4) is 0 Å². The Kier molecular flexibility index (Phi) is 8.64. The standard InChI is InChI=1S/C12H20O/c1-3-5-6-7-8-9-11-12(13)10-4-2/h3,7-8H,1,4-6,9-11H2,2H3/b8-7-. The highest BCUT2D eigenvalue weighted by atomic mass is 16.1. The Labute approximate surface area is 81.5 Å². The molecular formula is C12H20O. The summed E-state index contributed by atoms with van der Waals surface area (Å²) in [6.07, 6.45) is 11.5. The average Bonchev–Trinajstić information content (AvgIpc) is 2.11. The molecule has 0 aliphatic rings. The lowest BCUT2D eigenvalue weighted by molar-refractivity contribution is -0.119. The minimum atomic E-state index is 0.385. The van der Waals surface area contributed by atoms with Gasteiger partial charge in [-0.15, -0.1) is 6.58 Å². The van der Waals surface area contributed by atoms with Gasteiger partial charge in [0.2, 0.25) is 0 Å². The highest BCUT2D eigenvalue weighted by molar-refractivity contribution is 5.78. The molecule has 0 aromatic heterocycles. The molecule has 0 radical (unpaired) electrons. The molecular weight excluding hydrogens is 160 g/mol. The summed E-state index contributed by atoms with van der Waals surface area (Å²) in [7, 11) is 0. The summed E-state index contributed by atoms with van der Waals surface area (Å²) in [4.78, 5) is 11.1. The van der Waals surface area contributed by atoms with Crippen LogP contribution in [-0.2, 0) is 4.79 Å². The highest BCUT2D eigenvalue weighted by Crippen LogP contribution is 2.00. The van der Waals surface area contributed by atoms with Gasteiger partial charge in [0.1, 0.15) is 5.78 Å². The normalized spacial score (nSPS) is 10.5. The van der Waals surface area contributed by atoms with Crippen molar-refractivity contribution in [2.45, 2.75) is 45.4 Å². The molecule has 1 nitrogen and oxygen atoms in total. The zero-order valence-electron chi connectivity index (χ0n) is 8.59. The van der Waals surface area contributed by atoms with Crippen LogP contribution in [0.15, 0.2) is 24.8 Å². The minimum Gasteiger partial charge on any atom is -0.300 e. The van der Waals surface area contributed by atoms with Gasteiger partial charge < -0.3 is 0 Å². The van der Waals surface area contributed by atoms with Gasteiger partial charge in [0.15, 0.2) is 0 Å². The van der Waals surface area contributed by atoms with E-state index in [1.165, 1.54) is 0 Å². The lowest BCUT2D eigenvalue weighted by Crippen LogP contribution is -1.94. The molecule has 0 aliphatic heterocycles. The smallest absolute Gasteiger partial charge is 0.133 e. The van der Waals surface area contributed by atoms with E-state index >= 15 is 0 Å². The Morgan fingerprint density at radius 1 is 1.15 bits per heavy atom. The molecule has 74 valence electrons. The van der Waals surface area contributed by atoms with E-state index < -0.39 is 0 Å². The second-order valence-electron chi connectivity index (χ2n) is 3.16. The number of hydrogen-bond donors (Lipinski definition) is 0. The zero-order valence-corrected chi connectivity index (χ0v) is 8.59. The van der Waals surface area contributed by atoms with Crippen LogP contribution in [0.2, 0.25) is 0 Å². The molecule has 0 N–H and O–H groups in total. The molecule has 0 amide bonds. The third kappa shape index (κ3) is 9.06. The van der Waals surface area contributed by atoms with Crippen molar-refractivity contribution in [3.05, 3.63) is 24.8 Å². The van der Waals surface area contributed by atoms with Gasteiger partial charge in [-0.3, -0.25) is 4.79 Å². The van der Waals surface area contributed by atoms with E-state index in [1.54, 1.807) is 0 Å². The van der Waals surface area contributed by atoms with E-state index in [0.29, 0.717) is 12.2 Å². The lowest BCUT2D eigenvalue weighted by Gasteiger charge is -1.93. The molecule has 0 saturated heterocycles. The molecule has 0 rings (SSSR count). The van der Waals surface area contributed by atoms with Gasteiger partial charge in [0.05, 0.1) is 0 Å². The van der Waals surface area contributed by atoms with E-state index in [9.17, 15) is 4.79 Å². The maximum atomic E-state index is 11.1. The van der Waals surface area contributed by atoms with E-state index in [2.05, 4.69) is 18.7 Å². The summed E-state index contributed by atoms with van der Waals surface area (Å²) in [6.45, 7) is 5.68. The van der Waals surface area contributed by atoms with Gasteiger partial charge in [0, 0.05) is 12.8 Å². The topological polar surface area (TPSA) is 17.1 Å². The summed E-state index contributed by atoms with van der Waals surface area (Å²) < 4.78 is 0. The van der Waals surface area contributed by atoms with Crippen molar-refractivity contribution in [1.82, 2.24) is 0 Å². The first kappa shape index (κ1) is 12.2. The van der Waals surface area contributed by atoms with Crippen LogP contribution in [0.4, 0.5) is 0 Å². The van der Waals surface area contributed by atoms with Crippen LogP contribution < -0.4 is 0 Å². The minimum absolute atomic E-state index is 0.385. The number of carbonyl (C=O) groups excluding carboxylic acids is 1. The molecule has 0 aromatic carbocycles. The Hall–Kier alpha value is -0.850. The molecule has 1 heteroatoms. The number of rotatable bonds is 8. The highest BCUT2D eigenvalue weighted by Gasteiger charge is 1.96. The summed E-state index contributed by atoms with van der Waals surface area (Å²) in [5.74, 6) is 0.385. The van der Waals surface area contributed by atoms with Crippen LogP contribution in [0.1, 0.15) is 45.4 Å². The van der Waals surface area contributed by atoms with Crippen molar-refractivity contribution in [2.75, 3.05) is 0 Å². The maximum Gasteiger partial charge on any atom is 0.133 e. The summed E-state index contributed by atoms with van der Waals surface area (Å²) in [5.41, 5.74) is 0. The summed E-state index contributed by atoms with van der Waals surface area (Å²) >= 11 is 0. The molecule has 13 heavy (non-hydrogen) atoms. The number of Topliss-reactive ketones (excluding diaryl/α,β-unsaturated/α-hetero) is 1. The molecule has 0 spiro atoms. The van der Waals surface area contributed by atoms with Crippen molar-refractivity contribution < 1.29 is 4.79 Å². The fourth-order valence-corrected chi connectivity index (χ4v) is 1.10. The van der Waals surface area contributed by atoms with Gasteiger partial charge in [-0.05, 0) is 25.7 Å². The number of unbranched alkanes of at least 4 members (excludes halogenated alkanes) is 1. The first-order valence-electron chi connectivity index (χ1n) is 5.08. The first-order chi connectivity index (χ1) is 6.31. The third-order valence-corrected chi connectivity index (χ3v) is 1.82. The maximum absolute atomic E-state index is 11.1. The molecule has 0 aromatic rings. The fourth-order valence-electron chi connectivity index (χ4n) is 1.10. The van der Waals surface area contributed by atoms with Crippen molar-refractivity contribution >= 4 is 5.78 Å². The predicted octanol–water partition coefficient (Wildman–Crippen LogP) is 3.66. The fraction of sp³-hybridized carbons (Fsp3) is 0.583. The molecule has 0 fully saturated rings. The average molecular weight is 180 g/mol. The van der Waals surface area contributed by atoms with Crippen LogP contribution in [0, 0.1) is 0 Å². The quantitative estimate of drug-likeness (QED) is 0.411. The van der Waals surface area contributed by atoms with Crippen molar-refractivity contribution in [2.24, 2.45) is 0 Å². The predicted molar refractivity (Wildman–Crippen MR) is 57.7 cm³/mol. The first-order valence-corrected chi connectivity index (χ1v) is 5.08. The summed E-state index contributed by atoms with van der Waals surface area (Å²) in [6, 6.07) is 0. The second kappa shape index (κ2) is 9.24. The lowest BCUT2D eigenvalue weighted by atomic mass is 10.1. The van der Waals surface area contributed by atoms with Gasteiger partial charge >= 0.3 is 0 Å². The Morgan fingerprint density at radius 2 is 1.85 bits per heavy atom. The van der Waals surface area contributed by atoms with Crippen LogP contribution in [-0.4, -0.2) is 5.78 Å². The molecule has 0 bridgehead atoms. The zero-order chi connectivity index (χ0) is 9.94. The SMILES string of the molecule is C=CCC/C=C\CCC(=O)CCC. The monoisotopic (exact) mass is 180 g/mol. The van der Waals surface area contributed by atoms with E-state index in [4.69, 9.17) is 0 Å². The largest absolute Gasteiger partial charge is 0.300 e. The van der Waals surface area contributed by atoms with Gasteiger partial charge in [-0.1, -0.05) is 25.2 Å². The van der Waals surface area contributed by atoms with E-state index in [0.717, 1.165) is 32.1 Å². The number of allylic oxidation sites excluding steroid dienone is 3. The molecule has 0 aliphatic carbocycles.